The Hall–Kier alpha value is -2.76. The standard InChI is InChI=1S/C17H19N3O3/c1-11-8-18-20(9-11)10-15-12(2)23-17(19-15)14-7-13(21-3)5-6-16(14)22-4/h5-9H,10H2,1-4H3. The highest BCUT2D eigenvalue weighted by Crippen LogP contribution is 2.33. The number of ether oxygens (including phenoxy) is 2. The number of rotatable bonds is 5. The Morgan fingerprint density at radius 2 is 2.00 bits per heavy atom. The van der Waals surface area contributed by atoms with Crippen LogP contribution in [0, 0.1) is 13.8 Å². The lowest BCUT2D eigenvalue weighted by molar-refractivity contribution is 0.402. The third-order valence-electron chi connectivity index (χ3n) is 3.60. The van der Waals surface area contributed by atoms with E-state index in [0.29, 0.717) is 18.2 Å². The smallest absolute Gasteiger partial charge is 0.230 e. The summed E-state index contributed by atoms with van der Waals surface area (Å²) in [7, 11) is 3.24. The minimum atomic E-state index is 0.511. The van der Waals surface area contributed by atoms with Crippen LogP contribution in [-0.2, 0) is 6.54 Å². The van der Waals surface area contributed by atoms with E-state index in [1.165, 1.54) is 0 Å². The number of hydrogen-bond acceptors (Lipinski definition) is 5. The van der Waals surface area contributed by atoms with Crippen molar-refractivity contribution >= 4 is 0 Å². The summed E-state index contributed by atoms with van der Waals surface area (Å²) in [6, 6.07) is 5.53. The first-order chi connectivity index (χ1) is 11.1. The molecule has 0 saturated carbocycles. The van der Waals surface area contributed by atoms with Gasteiger partial charge in [0.15, 0.2) is 0 Å². The molecule has 0 aliphatic heterocycles. The van der Waals surface area contributed by atoms with Crippen molar-refractivity contribution in [3.63, 3.8) is 0 Å². The topological polar surface area (TPSA) is 62.3 Å². The lowest BCUT2D eigenvalue weighted by atomic mass is 10.2. The second-order valence-corrected chi connectivity index (χ2v) is 5.30. The number of methoxy groups -OCH3 is 2. The van der Waals surface area contributed by atoms with Gasteiger partial charge in [-0.25, -0.2) is 4.98 Å². The van der Waals surface area contributed by atoms with E-state index in [9.17, 15) is 0 Å². The predicted molar refractivity (Wildman–Crippen MR) is 85.8 cm³/mol. The number of oxazole rings is 1. The average Bonchev–Trinajstić information content (AvgIpc) is 3.13. The first kappa shape index (κ1) is 15.1. The van der Waals surface area contributed by atoms with Crippen LogP contribution in [0.15, 0.2) is 35.0 Å². The van der Waals surface area contributed by atoms with Crippen molar-refractivity contribution in [1.82, 2.24) is 14.8 Å². The molecule has 3 rings (SSSR count). The van der Waals surface area contributed by atoms with Gasteiger partial charge in [0.05, 0.1) is 32.5 Å². The predicted octanol–water partition coefficient (Wildman–Crippen LogP) is 3.22. The van der Waals surface area contributed by atoms with Crippen molar-refractivity contribution in [3.8, 4) is 23.0 Å². The summed E-state index contributed by atoms with van der Waals surface area (Å²) >= 11 is 0. The normalized spacial score (nSPS) is 10.8. The van der Waals surface area contributed by atoms with Crippen LogP contribution in [0.25, 0.3) is 11.5 Å². The average molecular weight is 313 g/mol. The lowest BCUT2D eigenvalue weighted by Gasteiger charge is -2.07. The highest BCUT2D eigenvalue weighted by Gasteiger charge is 2.16. The number of aromatic nitrogens is 3. The lowest BCUT2D eigenvalue weighted by Crippen LogP contribution is -2.01. The zero-order chi connectivity index (χ0) is 16.4. The zero-order valence-corrected chi connectivity index (χ0v) is 13.7. The summed E-state index contributed by atoms with van der Waals surface area (Å²) in [6.07, 6.45) is 3.79. The Balaban J connectivity index is 1.97. The third-order valence-corrected chi connectivity index (χ3v) is 3.60. The van der Waals surface area contributed by atoms with E-state index >= 15 is 0 Å². The van der Waals surface area contributed by atoms with Crippen LogP contribution in [-0.4, -0.2) is 29.0 Å². The largest absolute Gasteiger partial charge is 0.497 e. The first-order valence-electron chi connectivity index (χ1n) is 7.28. The molecule has 0 fully saturated rings. The molecule has 0 aliphatic rings. The quantitative estimate of drug-likeness (QED) is 0.723. The van der Waals surface area contributed by atoms with Gasteiger partial charge in [0.25, 0.3) is 0 Å². The molecule has 0 N–H and O–H groups in total. The van der Waals surface area contributed by atoms with E-state index in [-0.39, 0.29) is 0 Å². The summed E-state index contributed by atoms with van der Waals surface area (Å²) in [5.41, 5.74) is 2.71. The fourth-order valence-corrected chi connectivity index (χ4v) is 2.38. The van der Waals surface area contributed by atoms with Crippen LogP contribution in [0.5, 0.6) is 11.5 Å². The van der Waals surface area contributed by atoms with Gasteiger partial charge in [-0.05, 0) is 37.6 Å². The second-order valence-electron chi connectivity index (χ2n) is 5.30. The second kappa shape index (κ2) is 6.16. The Bertz CT molecular complexity index is 820. The molecule has 0 spiro atoms. The molecule has 0 atom stereocenters. The van der Waals surface area contributed by atoms with Crippen molar-refractivity contribution < 1.29 is 13.9 Å². The number of aryl methyl sites for hydroxylation is 2. The number of nitrogens with zero attached hydrogens (tertiary/aromatic N) is 3. The van der Waals surface area contributed by atoms with Gasteiger partial charge in [-0.15, -0.1) is 0 Å². The molecule has 3 aromatic rings. The first-order valence-corrected chi connectivity index (χ1v) is 7.28. The summed E-state index contributed by atoms with van der Waals surface area (Å²) < 4.78 is 18.3. The maximum atomic E-state index is 5.83. The Morgan fingerprint density at radius 1 is 1.17 bits per heavy atom. The summed E-state index contributed by atoms with van der Waals surface area (Å²) in [4.78, 5) is 4.61. The van der Waals surface area contributed by atoms with Crippen LogP contribution in [0.4, 0.5) is 0 Å². The molecular formula is C17H19N3O3. The van der Waals surface area contributed by atoms with Crippen LogP contribution in [0.1, 0.15) is 17.0 Å². The monoisotopic (exact) mass is 313 g/mol. The van der Waals surface area contributed by atoms with Gasteiger partial charge in [0.2, 0.25) is 5.89 Å². The zero-order valence-electron chi connectivity index (χ0n) is 13.7. The van der Waals surface area contributed by atoms with E-state index in [1.54, 1.807) is 14.2 Å². The molecule has 0 amide bonds. The van der Waals surface area contributed by atoms with Crippen molar-refractivity contribution in [3.05, 3.63) is 47.6 Å². The van der Waals surface area contributed by atoms with Crippen molar-refractivity contribution in [1.29, 1.82) is 0 Å². The van der Waals surface area contributed by atoms with Crippen LogP contribution in [0.3, 0.4) is 0 Å². The van der Waals surface area contributed by atoms with E-state index in [4.69, 9.17) is 13.9 Å². The van der Waals surface area contributed by atoms with E-state index in [0.717, 1.165) is 28.3 Å². The molecule has 2 heterocycles. The van der Waals surface area contributed by atoms with Crippen LogP contribution < -0.4 is 9.47 Å². The molecule has 0 radical (unpaired) electrons. The fourth-order valence-electron chi connectivity index (χ4n) is 2.38. The Morgan fingerprint density at radius 3 is 2.65 bits per heavy atom. The maximum absolute atomic E-state index is 5.83. The highest BCUT2D eigenvalue weighted by molar-refractivity contribution is 5.65. The minimum absolute atomic E-state index is 0.511. The maximum Gasteiger partial charge on any atom is 0.230 e. The van der Waals surface area contributed by atoms with E-state index in [1.807, 2.05) is 49.1 Å². The molecule has 23 heavy (non-hydrogen) atoms. The van der Waals surface area contributed by atoms with Crippen molar-refractivity contribution in [2.75, 3.05) is 14.2 Å². The Labute approximate surface area is 134 Å². The van der Waals surface area contributed by atoms with Crippen LogP contribution in [0.2, 0.25) is 0 Å². The summed E-state index contributed by atoms with van der Waals surface area (Å²) in [6.45, 7) is 4.47. The van der Waals surface area contributed by atoms with Crippen LogP contribution >= 0.6 is 0 Å². The van der Waals surface area contributed by atoms with Gasteiger partial charge in [0.1, 0.15) is 23.0 Å². The van der Waals surface area contributed by atoms with Gasteiger partial charge in [-0.3, -0.25) is 4.68 Å². The molecule has 6 heteroatoms. The number of benzene rings is 1. The van der Waals surface area contributed by atoms with Gasteiger partial charge in [-0.2, -0.15) is 5.10 Å². The Kier molecular flexibility index (Phi) is 4.06. The molecule has 1 aromatic carbocycles. The highest BCUT2D eigenvalue weighted by atomic mass is 16.5. The minimum Gasteiger partial charge on any atom is -0.497 e. The van der Waals surface area contributed by atoms with Crippen molar-refractivity contribution in [2.24, 2.45) is 0 Å². The van der Waals surface area contributed by atoms with Gasteiger partial charge < -0.3 is 13.9 Å². The van der Waals surface area contributed by atoms with Gasteiger partial charge in [0, 0.05) is 6.20 Å². The van der Waals surface area contributed by atoms with Crippen molar-refractivity contribution in [2.45, 2.75) is 20.4 Å². The molecule has 0 saturated heterocycles. The summed E-state index contributed by atoms with van der Waals surface area (Å²) in [5, 5.41) is 4.29. The van der Waals surface area contributed by atoms with Gasteiger partial charge >= 0.3 is 0 Å². The van der Waals surface area contributed by atoms with E-state index < -0.39 is 0 Å². The molecule has 0 bridgehead atoms. The fraction of sp³-hybridized carbons (Fsp3) is 0.294. The molecule has 0 unspecified atom stereocenters. The molecule has 120 valence electrons. The molecule has 0 aliphatic carbocycles. The van der Waals surface area contributed by atoms with Gasteiger partial charge in [-0.1, -0.05) is 0 Å². The molecule has 2 aromatic heterocycles. The molecular weight excluding hydrogens is 294 g/mol. The van der Waals surface area contributed by atoms with E-state index in [2.05, 4.69) is 10.1 Å². The SMILES string of the molecule is COc1ccc(OC)c(-c2nc(Cn3cc(C)cn3)c(C)o2)c1. The molecule has 6 nitrogen and oxygen atoms in total. The number of hydrogen-bond donors (Lipinski definition) is 0. The third kappa shape index (κ3) is 3.06. The summed E-state index contributed by atoms with van der Waals surface area (Å²) in [5.74, 6) is 2.68.